The fourth-order valence-electron chi connectivity index (χ4n) is 1.63. The van der Waals surface area contributed by atoms with E-state index in [1.807, 2.05) is 19.1 Å². The van der Waals surface area contributed by atoms with E-state index in [4.69, 9.17) is 0 Å². The van der Waals surface area contributed by atoms with Crippen molar-refractivity contribution >= 4 is 21.6 Å². The summed E-state index contributed by atoms with van der Waals surface area (Å²) in [6.45, 7) is 2.23. The lowest BCUT2D eigenvalue weighted by Gasteiger charge is -2.09. The summed E-state index contributed by atoms with van der Waals surface area (Å²) in [5.74, 6) is 0.0164. The number of benzene rings is 2. The third-order valence-corrected chi connectivity index (χ3v) is 3.19. The van der Waals surface area contributed by atoms with Crippen LogP contribution in [0.4, 0.5) is 10.1 Å². The largest absolute Gasteiger partial charge is 0.508 e. The van der Waals surface area contributed by atoms with Gasteiger partial charge in [-0.15, -0.1) is 0 Å². The van der Waals surface area contributed by atoms with Crippen molar-refractivity contribution in [3.8, 4) is 5.75 Å². The third-order valence-electron chi connectivity index (χ3n) is 2.69. The lowest BCUT2D eigenvalue weighted by atomic mass is 10.2. The zero-order chi connectivity index (χ0) is 13.1. The van der Waals surface area contributed by atoms with E-state index in [1.54, 1.807) is 18.2 Å². The topological polar surface area (TPSA) is 32.3 Å². The van der Waals surface area contributed by atoms with Crippen molar-refractivity contribution in [3.63, 3.8) is 0 Å². The highest BCUT2D eigenvalue weighted by Gasteiger charge is 2.03. The smallest absolute Gasteiger partial charge is 0.129 e. The van der Waals surface area contributed by atoms with Crippen LogP contribution in [0.25, 0.3) is 0 Å². The number of hydrogen-bond donors (Lipinski definition) is 2. The molecule has 0 spiro atoms. The summed E-state index contributed by atoms with van der Waals surface area (Å²) in [5, 5.41) is 12.5. The molecule has 0 unspecified atom stereocenters. The molecule has 0 aromatic heterocycles. The van der Waals surface area contributed by atoms with Gasteiger partial charge in [0.15, 0.2) is 0 Å². The molecule has 0 bridgehead atoms. The molecule has 4 heteroatoms. The molecule has 0 saturated heterocycles. The molecule has 0 aliphatic carbocycles. The van der Waals surface area contributed by atoms with Crippen LogP contribution in [-0.4, -0.2) is 5.11 Å². The van der Waals surface area contributed by atoms with Crippen molar-refractivity contribution in [1.82, 2.24) is 0 Å². The maximum absolute atomic E-state index is 13.6. The highest BCUT2D eigenvalue weighted by molar-refractivity contribution is 9.10. The molecular weight excluding hydrogens is 297 g/mol. The van der Waals surface area contributed by atoms with Crippen molar-refractivity contribution in [2.45, 2.75) is 13.5 Å². The van der Waals surface area contributed by atoms with E-state index in [0.29, 0.717) is 12.1 Å². The maximum atomic E-state index is 13.6. The second-order valence-corrected chi connectivity index (χ2v) is 5.01. The Balaban J connectivity index is 2.09. The second-order valence-electron chi connectivity index (χ2n) is 4.09. The van der Waals surface area contributed by atoms with Crippen molar-refractivity contribution in [1.29, 1.82) is 0 Å². The van der Waals surface area contributed by atoms with Crippen molar-refractivity contribution in [2.75, 3.05) is 5.32 Å². The van der Waals surface area contributed by atoms with Gasteiger partial charge in [0, 0.05) is 22.3 Å². The number of nitrogens with one attached hydrogen (secondary N) is 1. The Morgan fingerprint density at radius 2 is 2.00 bits per heavy atom. The fourth-order valence-corrected chi connectivity index (χ4v) is 1.96. The Hall–Kier alpha value is -1.55. The van der Waals surface area contributed by atoms with Crippen molar-refractivity contribution in [3.05, 3.63) is 57.8 Å². The number of hydrogen-bond acceptors (Lipinski definition) is 2. The maximum Gasteiger partial charge on any atom is 0.129 e. The summed E-state index contributed by atoms with van der Waals surface area (Å²) in [6, 6.07) is 10.2. The van der Waals surface area contributed by atoms with E-state index in [1.165, 1.54) is 6.07 Å². The molecule has 0 saturated carbocycles. The number of aromatic hydroxyl groups is 1. The highest BCUT2D eigenvalue weighted by atomic mass is 79.9. The molecule has 2 aromatic rings. The van der Waals surface area contributed by atoms with Crippen molar-refractivity contribution < 1.29 is 9.50 Å². The Labute approximate surface area is 114 Å². The van der Waals surface area contributed by atoms with Crippen LogP contribution in [0.3, 0.4) is 0 Å². The summed E-state index contributed by atoms with van der Waals surface area (Å²) >= 11 is 3.22. The van der Waals surface area contributed by atoms with Crippen LogP contribution < -0.4 is 5.32 Å². The van der Waals surface area contributed by atoms with Crippen LogP contribution in [0.2, 0.25) is 0 Å². The summed E-state index contributed by atoms with van der Waals surface area (Å²) in [6.07, 6.45) is 0. The number of anilines is 1. The molecule has 18 heavy (non-hydrogen) atoms. The molecule has 94 valence electrons. The van der Waals surface area contributed by atoms with Gasteiger partial charge in [-0.25, -0.2) is 4.39 Å². The summed E-state index contributed by atoms with van der Waals surface area (Å²) in [4.78, 5) is 0. The highest BCUT2D eigenvalue weighted by Crippen LogP contribution is 2.21. The Morgan fingerprint density at radius 1 is 1.22 bits per heavy atom. The van der Waals surface area contributed by atoms with Crippen LogP contribution >= 0.6 is 15.9 Å². The minimum absolute atomic E-state index is 0.243. The average molecular weight is 310 g/mol. The number of aryl methyl sites for hydroxylation is 1. The van der Waals surface area contributed by atoms with Gasteiger partial charge < -0.3 is 10.4 Å². The van der Waals surface area contributed by atoms with Gasteiger partial charge in [-0.05, 0) is 42.8 Å². The van der Waals surface area contributed by atoms with Gasteiger partial charge in [-0.3, -0.25) is 0 Å². The van der Waals surface area contributed by atoms with Gasteiger partial charge in [0.05, 0.1) is 0 Å². The van der Waals surface area contributed by atoms with E-state index in [9.17, 15) is 9.50 Å². The SMILES string of the molecule is Cc1cc(NCc2ccc(Br)cc2F)ccc1O. The first-order valence-electron chi connectivity index (χ1n) is 5.53. The van der Waals surface area contributed by atoms with E-state index in [2.05, 4.69) is 21.2 Å². The van der Waals surface area contributed by atoms with Gasteiger partial charge in [0.25, 0.3) is 0 Å². The van der Waals surface area contributed by atoms with Crippen LogP contribution in [0.5, 0.6) is 5.75 Å². The second kappa shape index (κ2) is 5.40. The monoisotopic (exact) mass is 309 g/mol. The normalized spacial score (nSPS) is 10.4. The molecule has 2 rings (SSSR count). The Kier molecular flexibility index (Phi) is 3.87. The molecule has 0 aliphatic rings. The van der Waals surface area contributed by atoms with E-state index in [-0.39, 0.29) is 11.6 Å². The molecule has 0 atom stereocenters. The summed E-state index contributed by atoms with van der Waals surface area (Å²) in [7, 11) is 0. The predicted molar refractivity (Wildman–Crippen MR) is 74.3 cm³/mol. The molecule has 2 nitrogen and oxygen atoms in total. The van der Waals surface area contributed by atoms with Crippen LogP contribution in [0.1, 0.15) is 11.1 Å². The van der Waals surface area contributed by atoms with Crippen LogP contribution in [-0.2, 0) is 6.54 Å². The van der Waals surface area contributed by atoms with Crippen molar-refractivity contribution in [2.24, 2.45) is 0 Å². The van der Waals surface area contributed by atoms with Crippen LogP contribution in [0.15, 0.2) is 40.9 Å². The molecule has 2 N–H and O–H groups in total. The van der Waals surface area contributed by atoms with Gasteiger partial charge in [0.1, 0.15) is 11.6 Å². The molecular formula is C14H13BrFNO. The van der Waals surface area contributed by atoms with E-state index in [0.717, 1.165) is 15.7 Å². The number of halogens is 2. The molecule has 0 heterocycles. The standard InChI is InChI=1S/C14H13BrFNO/c1-9-6-12(4-5-14(9)18)17-8-10-2-3-11(15)7-13(10)16/h2-7,17-18H,8H2,1H3. The lowest BCUT2D eigenvalue weighted by Crippen LogP contribution is -2.01. The zero-order valence-electron chi connectivity index (χ0n) is 9.87. The Bertz CT molecular complexity index is 572. The van der Waals surface area contributed by atoms with E-state index >= 15 is 0 Å². The van der Waals surface area contributed by atoms with Crippen LogP contribution in [0, 0.1) is 12.7 Å². The van der Waals surface area contributed by atoms with Gasteiger partial charge in [0.2, 0.25) is 0 Å². The van der Waals surface area contributed by atoms with Gasteiger partial charge in [-0.1, -0.05) is 22.0 Å². The minimum atomic E-state index is -0.243. The number of phenolic OH excluding ortho intramolecular Hbond substituents is 1. The summed E-state index contributed by atoms with van der Waals surface area (Å²) < 4.78 is 14.3. The first-order valence-corrected chi connectivity index (χ1v) is 6.33. The third kappa shape index (κ3) is 3.01. The predicted octanol–water partition coefficient (Wildman–Crippen LogP) is 4.21. The molecule has 2 aromatic carbocycles. The average Bonchev–Trinajstić information content (AvgIpc) is 2.32. The quantitative estimate of drug-likeness (QED) is 0.832. The first-order chi connectivity index (χ1) is 8.56. The molecule has 0 amide bonds. The van der Waals surface area contributed by atoms with E-state index < -0.39 is 0 Å². The zero-order valence-corrected chi connectivity index (χ0v) is 11.5. The van der Waals surface area contributed by atoms with Gasteiger partial charge in [-0.2, -0.15) is 0 Å². The minimum Gasteiger partial charge on any atom is -0.508 e. The lowest BCUT2D eigenvalue weighted by molar-refractivity contribution is 0.471. The first kappa shape index (κ1) is 12.9. The summed E-state index contributed by atoms with van der Waals surface area (Å²) in [5.41, 5.74) is 2.24. The van der Waals surface area contributed by atoms with Gasteiger partial charge >= 0.3 is 0 Å². The Morgan fingerprint density at radius 3 is 2.67 bits per heavy atom. The fraction of sp³-hybridized carbons (Fsp3) is 0.143. The number of phenols is 1. The molecule has 0 aliphatic heterocycles. The number of rotatable bonds is 3. The molecule has 0 fully saturated rings. The molecule has 0 radical (unpaired) electrons.